The minimum Gasteiger partial charge on any atom is -0.480 e. The number of carboxylic acid groups (broad SMARTS) is 1. The van der Waals surface area contributed by atoms with E-state index in [9.17, 15) is 9.59 Å². The summed E-state index contributed by atoms with van der Waals surface area (Å²) in [5.74, 6) is -1.01. The lowest BCUT2D eigenvalue weighted by Crippen LogP contribution is -2.42. The van der Waals surface area contributed by atoms with Crippen molar-refractivity contribution < 1.29 is 14.7 Å². The summed E-state index contributed by atoms with van der Waals surface area (Å²) in [5, 5.41) is 11.6. The summed E-state index contributed by atoms with van der Waals surface area (Å²) < 4.78 is 0. The van der Waals surface area contributed by atoms with Gasteiger partial charge in [0.05, 0.1) is 6.42 Å². The van der Waals surface area contributed by atoms with E-state index < -0.39 is 12.0 Å². The fourth-order valence-corrected chi connectivity index (χ4v) is 1.95. The van der Waals surface area contributed by atoms with Crippen LogP contribution >= 0.6 is 0 Å². The minimum atomic E-state index is -0.980. The second-order valence-electron chi connectivity index (χ2n) is 5.25. The van der Waals surface area contributed by atoms with E-state index in [0.717, 1.165) is 11.1 Å². The highest BCUT2D eigenvalue weighted by Gasteiger charge is 2.20. The Hall–Kier alpha value is -1.84. The van der Waals surface area contributed by atoms with Crippen LogP contribution in [0, 0.1) is 12.8 Å². The molecule has 0 aliphatic rings. The van der Waals surface area contributed by atoms with Crippen LogP contribution in [0.5, 0.6) is 0 Å². The average Bonchev–Trinajstić information content (AvgIpc) is 2.27. The maximum Gasteiger partial charge on any atom is 0.326 e. The van der Waals surface area contributed by atoms with Crippen LogP contribution in [0.1, 0.15) is 31.4 Å². The molecule has 19 heavy (non-hydrogen) atoms. The summed E-state index contributed by atoms with van der Waals surface area (Å²) in [7, 11) is 0. The molecule has 0 heterocycles. The maximum atomic E-state index is 11.8. The second-order valence-corrected chi connectivity index (χ2v) is 5.25. The van der Waals surface area contributed by atoms with Crippen LogP contribution in [0.4, 0.5) is 0 Å². The normalized spacial score (nSPS) is 12.2. The number of rotatable bonds is 6. The van der Waals surface area contributed by atoms with Gasteiger partial charge in [0.1, 0.15) is 6.04 Å². The summed E-state index contributed by atoms with van der Waals surface area (Å²) in [6.07, 6.45) is 0.651. The van der Waals surface area contributed by atoms with Gasteiger partial charge in [-0.25, -0.2) is 4.79 Å². The number of amides is 1. The Morgan fingerprint density at radius 3 is 2.53 bits per heavy atom. The SMILES string of the molecule is Cc1cccc(CC(=O)N[C@@H](CC(C)C)C(=O)O)c1. The predicted octanol–water partition coefficient (Wildman–Crippen LogP) is 2.15. The van der Waals surface area contributed by atoms with Crippen molar-refractivity contribution in [1.82, 2.24) is 5.32 Å². The largest absolute Gasteiger partial charge is 0.480 e. The number of carbonyl (C=O) groups is 2. The molecule has 1 rings (SSSR count). The van der Waals surface area contributed by atoms with Gasteiger partial charge in [-0.05, 0) is 24.8 Å². The predicted molar refractivity (Wildman–Crippen MR) is 73.9 cm³/mol. The minimum absolute atomic E-state index is 0.212. The second kappa shape index (κ2) is 6.92. The molecule has 2 N–H and O–H groups in total. The zero-order valence-electron chi connectivity index (χ0n) is 11.6. The molecule has 4 heteroatoms. The van der Waals surface area contributed by atoms with E-state index in [1.807, 2.05) is 45.0 Å². The third-order valence-electron chi connectivity index (χ3n) is 2.79. The van der Waals surface area contributed by atoms with Crippen molar-refractivity contribution in [3.63, 3.8) is 0 Å². The lowest BCUT2D eigenvalue weighted by molar-refractivity contribution is -0.142. The monoisotopic (exact) mass is 263 g/mol. The summed E-state index contributed by atoms with van der Waals surface area (Å²) >= 11 is 0. The van der Waals surface area contributed by atoms with Crippen LogP contribution in [0.15, 0.2) is 24.3 Å². The molecule has 0 aliphatic heterocycles. The van der Waals surface area contributed by atoms with Gasteiger partial charge in [0, 0.05) is 0 Å². The van der Waals surface area contributed by atoms with Gasteiger partial charge in [-0.1, -0.05) is 43.7 Å². The number of aryl methyl sites for hydroxylation is 1. The molecule has 0 unspecified atom stereocenters. The van der Waals surface area contributed by atoms with Gasteiger partial charge in [-0.15, -0.1) is 0 Å². The molecular weight excluding hydrogens is 242 g/mol. The smallest absolute Gasteiger partial charge is 0.326 e. The van der Waals surface area contributed by atoms with Crippen LogP contribution in [0.2, 0.25) is 0 Å². The van der Waals surface area contributed by atoms with E-state index in [2.05, 4.69) is 5.32 Å². The summed E-state index contributed by atoms with van der Waals surface area (Å²) in [5.41, 5.74) is 1.98. The highest BCUT2D eigenvalue weighted by atomic mass is 16.4. The molecule has 0 radical (unpaired) electrons. The first-order chi connectivity index (χ1) is 8.88. The van der Waals surface area contributed by atoms with Crippen molar-refractivity contribution >= 4 is 11.9 Å². The molecule has 104 valence electrons. The molecule has 0 saturated heterocycles. The first-order valence-corrected chi connectivity index (χ1v) is 6.46. The highest BCUT2D eigenvalue weighted by Crippen LogP contribution is 2.07. The number of aliphatic carboxylic acids is 1. The highest BCUT2D eigenvalue weighted by molar-refractivity contribution is 5.84. The molecule has 4 nitrogen and oxygen atoms in total. The van der Waals surface area contributed by atoms with Crippen molar-refractivity contribution in [2.24, 2.45) is 5.92 Å². The molecule has 0 fully saturated rings. The van der Waals surface area contributed by atoms with E-state index in [4.69, 9.17) is 5.11 Å². The average molecular weight is 263 g/mol. The molecule has 0 spiro atoms. The van der Waals surface area contributed by atoms with Crippen molar-refractivity contribution in [3.8, 4) is 0 Å². The third kappa shape index (κ3) is 5.55. The topological polar surface area (TPSA) is 66.4 Å². The number of carboxylic acids is 1. The number of hydrogen-bond donors (Lipinski definition) is 2. The first-order valence-electron chi connectivity index (χ1n) is 6.46. The summed E-state index contributed by atoms with van der Waals surface area (Å²) in [4.78, 5) is 22.9. The van der Waals surface area contributed by atoms with Gasteiger partial charge < -0.3 is 10.4 Å². The van der Waals surface area contributed by atoms with Crippen molar-refractivity contribution in [2.75, 3.05) is 0 Å². The molecule has 0 bridgehead atoms. The Balaban J connectivity index is 2.60. The molecule has 0 saturated carbocycles. The van der Waals surface area contributed by atoms with Crippen LogP contribution in [0.25, 0.3) is 0 Å². The van der Waals surface area contributed by atoms with Crippen LogP contribution < -0.4 is 5.32 Å². The van der Waals surface area contributed by atoms with Crippen LogP contribution in [-0.2, 0) is 16.0 Å². The molecule has 1 atom stereocenters. The molecule has 1 amide bonds. The zero-order valence-corrected chi connectivity index (χ0v) is 11.6. The van der Waals surface area contributed by atoms with E-state index in [1.165, 1.54) is 0 Å². The lowest BCUT2D eigenvalue weighted by atomic mass is 10.0. The van der Waals surface area contributed by atoms with E-state index >= 15 is 0 Å². The van der Waals surface area contributed by atoms with E-state index in [0.29, 0.717) is 6.42 Å². The van der Waals surface area contributed by atoms with Gasteiger partial charge in [0.25, 0.3) is 0 Å². The lowest BCUT2D eigenvalue weighted by Gasteiger charge is -2.16. The Kier molecular flexibility index (Phi) is 5.55. The fraction of sp³-hybridized carbons (Fsp3) is 0.467. The number of nitrogens with one attached hydrogen (secondary N) is 1. The van der Waals surface area contributed by atoms with Gasteiger partial charge in [0.2, 0.25) is 5.91 Å². The Morgan fingerprint density at radius 2 is 2.00 bits per heavy atom. The summed E-state index contributed by atoms with van der Waals surface area (Å²) in [6.45, 7) is 5.82. The van der Waals surface area contributed by atoms with Crippen LogP contribution in [-0.4, -0.2) is 23.0 Å². The van der Waals surface area contributed by atoms with Crippen molar-refractivity contribution in [2.45, 2.75) is 39.7 Å². The molecule has 0 aromatic heterocycles. The van der Waals surface area contributed by atoms with Crippen molar-refractivity contribution in [1.29, 1.82) is 0 Å². The van der Waals surface area contributed by atoms with E-state index in [1.54, 1.807) is 0 Å². The first kappa shape index (κ1) is 15.2. The number of benzene rings is 1. The summed E-state index contributed by atoms with van der Waals surface area (Å²) in [6, 6.07) is 6.83. The standard InChI is InChI=1S/C15H21NO3/c1-10(2)7-13(15(18)19)16-14(17)9-12-6-4-5-11(3)8-12/h4-6,8,10,13H,7,9H2,1-3H3,(H,16,17)(H,18,19)/t13-/m0/s1. The molecule has 1 aromatic carbocycles. The Morgan fingerprint density at radius 1 is 1.32 bits per heavy atom. The van der Waals surface area contributed by atoms with E-state index in [-0.39, 0.29) is 18.2 Å². The maximum absolute atomic E-state index is 11.8. The van der Waals surface area contributed by atoms with Gasteiger partial charge in [-0.2, -0.15) is 0 Å². The quantitative estimate of drug-likeness (QED) is 0.826. The zero-order chi connectivity index (χ0) is 14.4. The number of carbonyl (C=O) groups excluding carboxylic acids is 1. The molecular formula is C15H21NO3. The van der Waals surface area contributed by atoms with Crippen molar-refractivity contribution in [3.05, 3.63) is 35.4 Å². The van der Waals surface area contributed by atoms with Gasteiger partial charge >= 0.3 is 5.97 Å². The van der Waals surface area contributed by atoms with Gasteiger partial charge in [0.15, 0.2) is 0 Å². The Bertz CT molecular complexity index is 454. The molecule has 0 aliphatic carbocycles. The number of hydrogen-bond acceptors (Lipinski definition) is 2. The van der Waals surface area contributed by atoms with Gasteiger partial charge in [-0.3, -0.25) is 4.79 Å². The van der Waals surface area contributed by atoms with Crippen LogP contribution in [0.3, 0.4) is 0 Å². The fourth-order valence-electron chi connectivity index (χ4n) is 1.95. The Labute approximate surface area is 113 Å². The molecule has 1 aromatic rings. The third-order valence-corrected chi connectivity index (χ3v) is 2.79.